The highest BCUT2D eigenvalue weighted by atomic mass is 32.1. The predicted octanol–water partition coefficient (Wildman–Crippen LogP) is 3.89. The molecule has 1 saturated carbocycles. The van der Waals surface area contributed by atoms with Crippen LogP contribution in [0.2, 0.25) is 0 Å². The molecule has 0 aliphatic heterocycles. The summed E-state index contributed by atoms with van der Waals surface area (Å²) in [6, 6.07) is 0. The minimum Gasteiger partial charge on any atom is -0.261 e. The summed E-state index contributed by atoms with van der Waals surface area (Å²) in [6.07, 6.45) is 6.11. The summed E-state index contributed by atoms with van der Waals surface area (Å²) in [6.45, 7) is 0. The SMILES string of the molecule is FC1(F)CCCC(c2nc(-c3cnccn3)cs2)C1. The van der Waals surface area contributed by atoms with Crippen LogP contribution in [0.4, 0.5) is 8.78 Å². The summed E-state index contributed by atoms with van der Waals surface area (Å²) in [5, 5.41) is 2.66. The molecule has 19 heavy (non-hydrogen) atoms. The van der Waals surface area contributed by atoms with Gasteiger partial charge in [-0.25, -0.2) is 13.8 Å². The van der Waals surface area contributed by atoms with E-state index in [-0.39, 0.29) is 18.8 Å². The molecule has 0 aromatic carbocycles. The topological polar surface area (TPSA) is 38.7 Å². The Morgan fingerprint density at radius 3 is 2.89 bits per heavy atom. The first-order chi connectivity index (χ1) is 9.14. The minimum atomic E-state index is -2.54. The summed E-state index contributed by atoms with van der Waals surface area (Å²) in [5.41, 5.74) is 1.41. The smallest absolute Gasteiger partial charge is 0.248 e. The summed E-state index contributed by atoms with van der Waals surface area (Å²) in [7, 11) is 0. The van der Waals surface area contributed by atoms with Crippen LogP contribution < -0.4 is 0 Å². The first-order valence-electron chi connectivity index (χ1n) is 6.24. The molecule has 2 aromatic heterocycles. The van der Waals surface area contributed by atoms with Gasteiger partial charge in [0.15, 0.2) is 0 Å². The Kier molecular flexibility index (Phi) is 3.26. The number of rotatable bonds is 2. The molecule has 1 unspecified atom stereocenters. The normalized spacial score (nSPS) is 22.3. The second-order valence-electron chi connectivity index (χ2n) is 4.81. The highest BCUT2D eigenvalue weighted by molar-refractivity contribution is 7.10. The average Bonchev–Trinajstić information content (AvgIpc) is 2.88. The summed E-state index contributed by atoms with van der Waals surface area (Å²) >= 11 is 1.44. The van der Waals surface area contributed by atoms with E-state index in [4.69, 9.17) is 0 Å². The molecular formula is C13H13F2N3S. The van der Waals surface area contributed by atoms with Gasteiger partial charge in [-0.05, 0) is 12.8 Å². The molecule has 1 fully saturated rings. The van der Waals surface area contributed by atoms with Crippen molar-refractivity contribution in [2.24, 2.45) is 0 Å². The standard InChI is InChI=1S/C13H13F2N3S/c14-13(15)3-1-2-9(6-13)12-18-11(8-19-12)10-7-16-4-5-17-10/h4-5,7-9H,1-3,6H2. The third kappa shape index (κ3) is 2.78. The molecule has 6 heteroatoms. The van der Waals surface area contributed by atoms with Crippen LogP contribution in [0.25, 0.3) is 11.4 Å². The van der Waals surface area contributed by atoms with Crippen molar-refractivity contribution < 1.29 is 8.78 Å². The van der Waals surface area contributed by atoms with Crippen LogP contribution in [0.1, 0.15) is 36.6 Å². The number of nitrogens with zero attached hydrogens (tertiary/aromatic N) is 3. The monoisotopic (exact) mass is 281 g/mol. The van der Waals surface area contributed by atoms with Gasteiger partial charge in [0.25, 0.3) is 0 Å². The van der Waals surface area contributed by atoms with E-state index in [1.807, 2.05) is 5.38 Å². The zero-order chi connectivity index (χ0) is 13.3. The maximum atomic E-state index is 13.4. The van der Waals surface area contributed by atoms with E-state index >= 15 is 0 Å². The molecule has 1 aliphatic rings. The van der Waals surface area contributed by atoms with E-state index in [0.29, 0.717) is 12.1 Å². The van der Waals surface area contributed by atoms with Gasteiger partial charge in [-0.3, -0.25) is 9.97 Å². The first-order valence-corrected chi connectivity index (χ1v) is 7.12. The molecule has 1 atom stereocenters. The lowest BCUT2D eigenvalue weighted by Gasteiger charge is -2.27. The van der Waals surface area contributed by atoms with Gasteiger partial charge in [0, 0.05) is 36.5 Å². The molecule has 3 nitrogen and oxygen atoms in total. The third-order valence-corrected chi connectivity index (χ3v) is 4.34. The van der Waals surface area contributed by atoms with Gasteiger partial charge in [-0.2, -0.15) is 0 Å². The lowest BCUT2D eigenvalue weighted by atomic mass is 9.87. The fourth-order valence-electron chi connectivity index (χ4n) is 2.41. The Labute approximate surface area is 113 Å². The molecular weight excluding hydrogens is 268 g/mol. The Balaban J connectivity index is 1.82. The minimum absolute atomic E-state index is 0.00585. The quantitative estimate of drug-likeness (QED) is 0.838. The molecule has 2 aromatic rings. The third-order valence-electron chi connectivity index (χ3n) is 3.34. The number of hydrogen-bond acceptors (Lipinski definition) is 4. The van der Waals surface area contributed by atoms with E-state index in [0.717, 1.165) is 17.1 Å². The van der Waals surface area contributed by atoms with Crippen LogP contribution >= 0.6 is 11.3 Å². The number of hydrogen-bond donors (Lipinski definition) is 0. The van der Waals surface area contributed by atoms with Crippen LogP contribution in [0.5, 0.6) is 0 Å². The summed E-state index contributed by atoms with van der Waals surface area (Å²) in [5.74, 6) is -2.67. The first kappa shape index (κ1) is 12.6. The fourth-order valence-corrected chi connectivity index (χ4v) is 3.36. The van der Waals surface area contributed by atoms with Gasteiger partial charge in [0.2, 0.25) is 5.92 Å². The van der Waals surface area contributed by atoms with E-state index in [9.17, 15) is 8.78 Å². The van der Waals surface area contributed by atoms with Crippen LogP contribution in [-0.2, 0) is 0 Å². The largest absolute Gasteiger partial charge is 0.261 e. The van der Waals surface area contributed by atoms with E-state index < -0.39 is 5.92 Å². The van der Waals surface area contributed by atoms with Crippen LogP contribution in [0.15, 0.2) is 24.0 Å². The molecule has 0 amide bonds. The van der Waals surface area contributed by atoms with Gasteiger partial charge in [0.1, 0.15) is 11.4 Å². The second-order valence-corrected chi connectivity index (χ2v) is 5.70. The van der Waals surface area contributed by atoms with Gasteiger partial charge in [-0.1, -0.05) is 0 Å². The molecule has 1 aliphatic carbocycles. The summed E-state index contributed by atoms with van der Waals surface area (Å²) in [4.78, 5) is 12.6. The molecule has 0 saturated heterocycles. The van der Waals surface area contributed by atoms with Crippen molar-refractivity contribution in [3.63, 3.8) is 0 Å². The van der Waals surface area contributed by atoms with Gasteiger partial charge in [0.05, 0.1) is 11.2 Å². The zero-order valence-corrected chi connectivity index (χ0v) is 11.0. The van der Waals surface area contributed by atoms with Gasteiger partial charge < -0.3 is 0 Å². The van der Waals surface area contributed by atoms with Crippen molar-refractivity contribution in [2.75, 3.05) is 0 Å². The maximum absolute atomic E-state index is 13.4. The average molecular weight is 281 g/mol. The Morgan fingerprint density at radius 1 is 1.26 bits per heavy atom. The maximum Gasteiger partial charge on any atom is 0.248 e. The Bertz CT molecular complexity index is 556. The molecule has 0 spiro atoms. The molecule has 0 radical (unpaired) electrons. The van der Waals surface area contributed by atoms with Crippen molar-refractivity contribution in [2.45, 2.75) is 37.5 Å². The molecule has 100 valence electrons. The molecule has 0 N–H and O–H groups in total. The van der Waals surface area contributed by atoms with Crippen LogP contribution in [0.3, 0.4) is 0 Å². The zero-order valence-electron chi connectivity index (χ0n) is 10.2. The highest BCUT2D eigenvalue weighted by Crippen LogP contribution is 2.42. The molecule has 3 rings (SSSR count). The van der Waals surface area contributed by atoms with Crippen molar-refractivity contribution in [3.05, 3.63) is 29.0 Å². The second kappa shape index (κ2) is 4.92. The predicted molar refractivity (Wildman–Crippen MR) is 69.3 cm³/mol. The highest BCUT2D eigenvalue weighted by Gasteiger charge is 2.37. The van der Waals surface area contributed by atoms with Crippen LogP contribution in [-0.4, -0.2) is 20.9 Å². The lowest BCUT2D eigenvalue weighted by molar-refractivity contribution is -0.0408. The summed E-state index contributed by atoms with van der Waals surface area (Å²) < 4.78 is 26.8. The fraction of sp³-hybridized carbons (Fsp3) is 0.462. The van der Waals surface area contributed by atoms with Crippen LogP contribution in [0, 0.1) is 0 Å². The van der Waals surface area contributed by atoms with Gasteiger partial charge >= 0.3 is 0 Å². The van der Waals surface area contributed by atoms with E-state index in [2.05, 4.69) is 15.0 Å². The number of alkyl halides is 2. The van der Waals surface area contributed by atoms with Gasteiger partial charge in [-0.15, -0.1) is 11.3 Å². The van der Waals surface area contributed by atoms with E-state index in [1.54, 1.807) is 18.6 Å². The Hall–Kier alpha value is -1.43. The van der Waals surface area contributed by atoms with Crippen molar-refractivity contribution in [3.8, 4) is 11.4 Å². The number of aromatic nitrogens is 3. The number of thiazole rings is 1. The molecule has 0 bridgehead atoms. The van der Waals surface area contributed by atoms with Crippen molar-refractivity contribution in [1.82, 2.24) is 15.0 Å². The lowest BCUT2D eigenvalue weighted by Crippen LogP contribution is -2.24. The van der Waals surface area contributed by atoms with Crippen molar-refractivity contribution in [1.29, 1.82) is 0 Å². The van der Waals surface area contributed by atoms with Crippen molar-refractivity contribution >= 4 is 11.3 Å². The molecule has 2 heterocycles. The van der Waals surface area contributed by atoms with E-state index in [1.165, 1.54) is 11.3 Å². The Morgan fingerprint density at radius 2 is 2.16 bits per heavy atom. The number of halogens is 2.